The predicted molar refractivity (Wildman–Crippen MR) is 102 cm³/mol. The van der Waals surface area contributed by atoms with Crippen molar-refractivity contribution in [2.45, 2.75) is 18.9 Å². The van der Waals surface area contributed by atoms with Crippen LogP contribution < -0.4 is 14.2 Å². The van der Waals surface area contributed by atoms with Gasteiger partial charge in [-0.1, -0.05) is 0 Å². The highest BCUT2D eigenvalue weighted by molar-refractivity contribution is 5.86. The van der Waals surface area contributed by atoms with Crippen molar-refractivity contribution < 1.29 is 28.8 Å². The number of carbonyl (C=O) groups excluding carboxylic acids is 1. The van der Waals surface area contributed by atoms with E-state index in [-0.39, 0.29) is 17.9 Å². The van der Waals surface area contributed by atoms with Gasteiger partial charge in [0.05, 0.1) is 34.5 Å². The van der Waals surface area contributed by atoms with Crippen molar-refractivity contribution in [3.05, 3.63) is 34.9 Å². The maximum absolute atomic E-state index is 12.4. The second-order valence-corrected chi connectivity index (χ2v) is 6.87. The first-order valence-corrected chi connectivity index (χ1v) is 9.06. The maximum Gasteiger partial charge on any atom is 0.410 e. The van der Waals surface area contributed by atoms with E-state index in [2.05, 4.69) is 0 Å². The number of fused-ring (bicyclic) bond motifs is 2. The van der Waals surface area contributed by atoms with Crippen LogP contribution >= 0.6 is 0 Å². The molecule has 148 valence electrons. The van der Waals surface area contributed by atoms with Gasteiger partial charge in [0, 0.05) is 12.1 Å². The number of benzene rings is 2. The molecule has 7 heteroatoms. The summed E-state index contributed by atoms with van der Waals surface area (Å²) in [4.78, 5) is 14.2. The zero-order valence-corrected chi connectivity index (χ0v) is 16.4. The quantitative estimate of drug-likeness (QED) is 0.874. The number of phenols is 1. The molecule has 2 aromatic carbocycles. The van der Waals surface area contributed by atoms with Gasteiger partial charge < -0.3 is 29.0 Å². The van der Waals surface area contributed by atoms with Crippen LogP contribution in [0.2, 0.25) is 0 Å². The van der Waals surface area contributed by atoms with Crippen LogP contribution in [-0.2, 0) is 17.6 Å². The molecule has 0 fully saturated rings. The summed E-state index contributed by atoms with van der Waals surface area (Å²) in [6, 6.07) is 5.36. The Hall–Kier alpha value is -3.09. The zero-order chi connectivity index (χ0) is 20.0. The SMILES string of the molecule is COC(=O)N1CCc2cc(O)c(OC)c3c2[C@@H]1Cc1cc(OC)c(OC)cc1-3. The smallest absolute Gasteiger partial charge is 0.410 e. The number of phenolic OH excluding ortho intramolecular Hbond substituents is 1. The van der Waals surface area contributed by atoms with Crippen molar-refractivity contribution in [1.82, 2.24) is 4.90 Å². The van der Waals surface area contributed by atoms with Gasteiger partial charge in [-0.15, -0.1) is 0 Å². The Balaban J connectivity index is 2.02. The van der Waals surface area contributed by atoms with Crippen molar-refractivity contribution >= 4 is 6.09 Å². The summed E-state index contributed by atoms with van der Waals surface area (Å²) in [5, 5.41) is 10.6. The van der Waals surface area contributed by atoms with E-state index < -0.39 is 0 Å². The van der Waals surface area contributed by atoms with Crippen molar-refractivity contribution in [2.24, 2.45) is 0 Å². The van der Waals surface area contributed by atoms with Crippen molar-refractivity contribution in [1.29, 1.82) is 0 Å². The van der Waals surface area contributed by atoms with E-state index in [0.717, 1.165) is 27.8 Å². The van der Waals surface area contributed by atoms with Crippen molar-refractivity contribution in [3.63, 3.8) is 0 Å². The van der Waals surface area contributed by atoms with Gasteiger partial charge in [0.15, 0.2) is 23.0 Å². The number of hydrogen-bond acceptors (Lipinski definition) is 6. The highest BCUT2D eigenvalue weighted by Gasteiger charge is 2.40. The molecule has 2 aliphatic rings. The molecule has 0 saturated carbocycles. The first kappa shape index (κ1) is 18.3. The van der Waals surface area contributed by atoms with E-state index in [9.17, 15) is 9.90 Å². The Morgan fingerprint density at radius 3 is 2.39 bits per heavy atom. The van der Waals surface area contributed by atoms with Gasteiger partial charge in [-0.3, -0.25) is 0 Å². The highest BCUT2D eigenvalue weighted by Crippen LogP contribution is 2.54. The number of rotatable bonds is 3. The van der Waals surface area contributed by atoms with E-state index in [1.807, 2.05) is 12.1 Å². The molecule has 1 aliphatic heterocycles. The number of aromatic hydroxyl groups is 1. The third kappa shape index (κ3) is 2.53. The molecule has 1 heterocycles. The summed E-state index contributed by atoms with van der Waals surface area (Å²) in [5.74, 6) is 1.69. The van der Waals surface area contributed by atoms with Gasteiger partial charge in [0.1, 0.15) is 0 Å². The van der Waals surface area contributed by atoms with Gasteiger partial charge in [-0.2, -0.15) is 0 Å². The summed E-state index contributed by atoms with van der Waals surface area (Å²) < 4.78 is 21.5. The van der Waals surface area contributed by atoms with Crippen LogP contribution in [0.1, 0.15) is 22.7 Å². The molecule has 1 N–H and O–H groups in total. The molecule has 28 heavy (non-hydrogen) atoms. The second-order valence-electron chi connectivity index (χ2n) is 6.87. The predicted octanol–water partition coefficient (Wildman–Crippen LogP) is 3.31. The molecule has 1 aliphatic carbocycles. The normalized spacial score (nSPS) is 16.7. The largest absolute Gasteiger partial charge is 0.504 e. The van der Waals surface area contributed by atoms with Crippen molar-refractivity contribution in [2.75, 3.05) is 35.0 Å². The molecule has 1 atom stereocenters. The Bertz CT molecular complexity index is 955. The van der Waals surface area contributed by atoms with Crippen LogP contribution in [0.4, 0.5) is 4.79 Å². The standard InChI is InChI=1S/C21H23NO6/c1-25-16-9-12-7-14-18-11(5-6-22(14)21(24)28-4)8-15(23)20(27-3)19(18)13(12)10-17(16)26-2/h8-10,14,23H,5-7H2,1-4H3/t14-/m0/s1. The minimum absolute atomic E-state index is 0.0872. The van der Waals surface area contributed by atoms with Gasteiger partial charge in [0.2, 0.25) is 0 Å². The molecule has 0 unspecified atom stereocenters. The molecule has 4 rings (SSSR count). The van der Waals surface area contributed by atoms with Crippen molar-refractivity contribution in [3.8, 4) is 34.1 Å². The average molecular weight is 385 g/mol. The zero-order valence-electron chi connectivity index (χ0n) is 16.4. The van der Waals surface area contributed by atoms with Crippen LogP contribution in [0.25, 0.3) is 11.1 Å². The Morgan fingerprint density at radius 1 is 1.04 bits per heavy atom. The lowest BCUT2D eigenvalue weighted by atomic mass is 9.76. The molecule has 0 bridgehead atoms. The summed E-state index contributed by atoms with van der Waals surface area (Å²) in [7, 11) is 6.10. The van der Waals surface area contributed by atoms with E-state index in [1.54, 1.807) is 25.2 Å². The number of ether oxygens (including phenoxy) is 4. The van der Waals surface area contributed by atoms with E-state index in [1.165, 1.54) is 14.2 Å². The molecular weight excluding hydrogens is 362 g/mol. The van der Waals surface area contributed by atoms with Crippen LogP contribution in [0.15, 0.2) is 18.2 Å². The fourth-order valence-electron chi connectivity index (χ4n) is 4.41. The molecule has 2 aromatic rings. The fourth-order valence-corrected chi connectivity index (χ4v) is 4.41. The fraction of sp³-hybridized carbons (Fsp3) is 0.381. The maximum atomic E-state index is 12.4. The molecule has 0 spiro atoms. The van der Waals surface area contributed by atoms with E-state index in [0.29, 0.717) is 36.6 Å². The first-order valence-electron chi connectivity index (χ1n) is 9.06. The van der Waals surface area contributed by atoms with Gasteiger partial charge in [-0.25, -0.2) is 4.79 Å². The van der Waals surface area contributed by atoms with Gasteiger partial charge >= 0.3 is 6.09 Å². The number of methoxy groups -OCH3 is 4. The summed E-state index contributed by atoms with van der Waals surface area (Å²) >= 11 is 0. The molecule has 1 amide bonds. The molecule has 0 radical (unpaired) electrons. The number of hydrogen-bond donors (Lipinski definition) is 1. The number of nitrogens with zero attached hydrogens (tertiary/aromatic N) is 1. The number of carbonyl (C=O) groups is 1. The molecule has 0 saturated heterocycles. The molecule has 7 nitrogen and oxygen atoms in total. The molecular formula is C21H23NO6. The summed E-state index contributed by atoms with van der Waals surface area (Å²) in [6.45, 7) is 0.526. The van der Waals surface area contributed by atoms with Gasteiger partial charge in [0.25, 0.3) is 0 Å². The van der Waals surface area contributed by atoms with Crippen LogP contribution in [0.5, 0.6) is 23.0 Å². The van der Waals surface area contributed by atoms with E-state index in [4.69, 9.17) is 18.9 Å². The summed E-state index contributed by atoms with van der Waals surface area (Å²) in [5.41, 5.74) is 4.69. The third-order valence-corrected chi connectivity index (χ3v) is 5.62. The van der Waals surface area contributed by atoms with Gasteiger partial charge in [-0.05, 0) is 53.3 Å². The minimum atomic E-state index is -0.363. The Kier molecular flexibility index (Phi) is 4.45. The average Bonchev–Trinajstić information content (AvgIpc) is 2.72. The van der Waals surface area contributed by atoms with Crippen LogP contribution in [0, 0.1) is 0 Å². The van der Waals surface area contributed by atoms with E-state index >= 15 is 0 Å². The van der Waals surface area contributed by atoms with Crippen LogP contribution in [-0.4, -0.2) is 51.1 Å². The lowest BCUT2D eigenvalue weighted by molar-refractivity contribution is 0.100. The second kappa shape index (κ2) is 6.82. The van der Waals surface area contributed by atoms with Crippen LogP contribution in [0.3, 0.4) is 0 Å². The minimum Gasteiger partial charge on any atom is -0.504 e. The Morgan fingerprint density at radius 2 is 1.75 bits per heavy atom. The Labute approximate surface area is 163 Å². The number of amides is 1. The monoisotopic (exact) mass is 385 g/mol. The highest BCUT2D eigenvalue weighted by atomic mass is 16.5. The lowest BCUT2D eigenvalue weighted by Crippen LogP contribution is -2.42. The lowest BCUT2D eigenvalue weighted by Gasteiger charge is -2.41. The summed E-state index contributed by atoms with van der Waals surface area (Å²) in [6.07, 6.45) is 0.880. The third-order valence-electron chi connectivity index (χ3n) is 5.62. The molecule has 0 aromatic heterocycles. The topological polar surface area (TPSA) is 77.5 Å². The first-order chi connectivity index (χ1) is 13.5.